The summed E-state index contributed by atoms with van der Waals surface area (Å²) in [5.41, 5.74) is 12.9. The number of aromatic nitrogens is 5. The topological polar surface area (TPSA) is 48.5 Å². The third kappa shape index (κ3) is 6.13. The lowest BCUT2D eigenvalue weighted by Gasteiger charge is -2.27. The number of hydrogen-bond acceptors (Lipinski definition) is 5. The van der Waals surface area contributed by atoms with E-state index in [9.17, 15) is 0 Å². The molecule has 1 aliphatic rings. The SMILES string of the molecule is CC1c2c(n(-c3ccc4c(c3)c3ccccc3n4-c3cccc4c3sc3c(-c5nc(-c6ccccc6)nc(-c6ccccc6)n5)cccc34)c3ccccc23)C=CC1c1cccc2c1sc1ccccc12. The van der Waals surface area contributed by atoms with Gasteiger partial charge in [-0.05, 0) is 71.7 Å². The summed E-state index contributed by atoms with van der Waals surface area (Å²) >= 11 is 3.74. The third-order valence-electron chi connectivity index (χ3n) is 14.8. The van der Waals surface area contributed by atoms with Crippen LogP contribution in [0.25, 0.3) is 125 Å². The average Bonchev–Trinajstić information content (AvgIpc) is 4.19. The normalized spacial score (nSPS) is 14.8. The Morgan fingerprint density at radius 2 is 1.00 bits per heavy atom. The number of hydrogen-bond donors (Lipinski definition) is 0. The van der Waals surface area contributed by atoms with E-state index in [-0.39, 0.29) is 11.8 Å². The molecule has 9 aromatic carbocycles. The minimum absolute atomic E-state index is 0.252. The molecule has 2 unspecified atom stereocenters. The van der Waals surface area contributed by atoms with Crippen LogP contribution in [0, 0.1) is 0 Å². The standard InChI is InChI=1S/C64H41N5S2/c1-38-42(45-24-14-25-46-44-22-10-13-32-57(44)70-59(45)46)34-36-55-58(38)49-23-9-12-30-53(49)68(55)41-33-35-54-51(37-41)43-21-8-11-29-52(43)69(54)56-31-16-27-48-47-26-15-28-50(60(47)71-61(48)56)64-66-62(39-17-4-2-5-18-39)65-63(67-64)40-19-6-3-7-20-40/h2-38,42H,1H3. The summed E-state index contributed by atoms with van der Waals surface area (Å²) in [7, 11) is 0. The van der Waals surface area contributed by atoms with Crippen molar-refractivity contribution < 1.29 is 0 Å². The van der Waals surface area contributed by atoms with Gasteiger partial charge in [0.1, 0.15) is 0 Å². The van der Waals surface area contributed by atoms with E-state index in [2.05, 4.69) is 198 Å². The van der Waals surface area contributed by atoms with Gasteiger partial charge in [0.05, 0.1) is 32.6 Å². The molecule has 0 fully saturated rings. The second kappa shape index (κ2) is 15.8. The van der Waals surface area contributed by atoms with E-state index in [1.165, 1.54) is 85.2 Å². The maximum Gasteiger partial charge on any atom is 0.165 e. The number of allylic oxidation sites excluding steroid dienone is 1. The van der Waals surface area contributed by atoms with Crippen LogP contribution in [0.5, 0.6) is 0 Å². The van der Waals surface area contributed by atoms with Gasteiger partial charge in [-0.25, -0.2) is 15.0 Å². The minimum atomic E-state index is 0.252. The molecule has 15 rings (SSSR count). The summed E-state index contributed by atoms with van der Waals surface area (Å²) < 4.78 is 10.1. The first kappa shape index (κ1) is 40.4. The maximum atomic E-state index is 5.16. The van der Waals surface area contributed by atoms with Crippen LogP contribution in [-0.4, -0.2) is 24.1 Å². The molecule has 0 saturated heterocycles. The zero-order valence-electron chi connectivity index (χ0n) is 38.5. The molecule has 0 N–H and O–H groups in total. The molecule has 0 spiro atoms. The van der Waals surface area contributed by atoms with Crippen molar-refractivity contribution in [3.63, 3.8) is 0 Å². The van der Waals surface area contributed by atoms with E-state index in [0.717, 1.165) is 32.8 Å². The summed E-state index contributed by atoms with van der Waals surface area (Å²) in [5, 5.41) is 8.85. The summed E-state index contributed by atoms with van der Waals surface area (Å²) in [4.78, 5) is 15.3. The molecule has 1 aliphatic carbocycles. The highest BCUT2D eigenvalue weighted by molar-refractivity contribution is 7.27. The molecule has 7 heteroatoms. The molecule has 0 amide bonds. The number of thiophene rings is 2. The Bertz CT molecular complexity index is 4440. The van der Waals surface area contributed by atoms with Gasteiger partial charge in [-0.2, -0.15) is 0 Å². The van der Waals surface area contributed by atoms with Gasteiger partial charge in [-0.1, -0.05) is 171 Å². The fraction of sp³-hybridized carbons (Fsp3) is 0.0469. The summed E-state index contributed by atoms with van der Waals surface area (Å²) in [5.74, 6) is 2.49. The van der Waals surface area contributed by atoms with Crippen LogP contribution >= 0.6 is 22.7 Å². The maximum absolute atomic E-state index is 5.16. The van der Waals surface area contributed by atoms with Crippen molar-refractivity contribution >= 4 is 102 Å². The van der Waals surface area contributed by atoms with Crippen molar-refractivity contribution in [3.05, 3.63) is 229 Å². The van der Waals surface area contributed by atoms with Crippen LogP contribution in [0.15, 0.2) is 212 Å². The number of fused-ring (bicyclic) bond motifs is 12. The molecule has 0 radical (unpaired) electrons. The molecule has 334 valence electrons. The average molecular weight is 944 g/mol. The Hall–Kier alpha value is -8.49. The molecule has 0 bridgehead atoms. The van der Waals surface area contributed by atoms with Gasteiger partial charge in [0.2, 0.25) is 0 Å². The highest BCUT2D eigenvalue weighted by Crippen LogP contribution is 2.50. The van der Waals surface area contributed by atoms with Crippen LogP contribution in [0.1, 0.15) is 35.6 Å². The van der Waals surface area contributed by atoms with Gasteiger partial charge in [-0.15, -0.1) is 22.7 Å². The first-order chi connectivity index (χ1) is 35.1. The fourth-order valence-electron chi connectivity index (χ4n) is 11.6. The van der Waals surface area contributed by atoms with Gasteiger partial charge in [0.25, 0.3) is 0 Å². The zero-order valence-corrected chi connectivity index (χ0v) is 40.1. The molecule has 71 heavy (non-hydrogen) atoms. The van der Waals surface area contributed by atoms with Crippen molar-refractivity contribution in [2.75, 3.05) is 0 Å². The van der Waals surface area contributed by atoms with Crippen LogP contribution in [0.4, 0.5) is 0 Å². The van der Waals surface area contributed by atoms with Gasteiger partial charge >= 0.3 is 0 Å². The highest BCUT2D eigenvalue weighted by Gasteiger charge is 2.31. The Morgan fingerprint density at radius 1 is 0.423 bits per heavy atom. The Labute approximate surface area is 416 Å². The smallest absolute Gasteiger partial charge is 0.165 e. The Morgan fingerprint density at radius 3 is 1.76 bits per heavy atom. The molecule has 0 saturated carbocycles. The second-order valence-corrected chi connectivity index (χ2v) is 20.8. The predicted octanol–water partition coefficient (Wildman–Crippen LogP) is 17.6. The lowest BCUT2D eigenvalue weighted by molar-refractivity contribution is 0.676. The van der Waals surface area contributed by atoms with Gasteiger partial charge in [0, 0.05) is 80.1 Å². The first-order valence-corrected chi connectivity index (χ1v) is 25.8. The molecular formula is C64H41N5S2. The van der Waals surface area contributed by atoms with E-state index < -0.39 is 0 Å². The fourth-order valence-corrected chi connectivity index (χ4v) is 14.2. The second-order valence-electron chi connectivity index (χ2n) is 18.7. The Kier molecular flexibility index (Phi) is 8.97. The van der Waals surface area contributed by atoms with Crippen molar-refractivity contribution in [2.45, 2.75) is 18.8 Å². The van der Waals surface area contributed by atoms with Crippen LogP contribution in [0.2, 0.25) is 0 Å². The van der Waals surface area contributed by atoms with Crippen LogP contribution in [-0.2, 0) is 0 Å². The number of para-hydroxylation sites is 2. The number of benzene rings is 9. The van der Waals surface area contributed by atoms with E-state index in [0.29, 0.717) is 17.5 Å². The highest BCUT2D eigenvalue weighted by atomic mass is 32.1. The van der Waals surface area contributed by atoms with Crippen molar-refractivity contribution in [2.24, 2.45) is 0 Å². The zero-order chi connectivity index (χ0) is 46.7. The summed E-state index contributed by atoms with van der Waals surface area (Å²) in [6.45, 7) is 2.43. The first-order valence-electron chi connectivity index (χ1n) is 24.2. The molecule has 5 heterocycles. The lowest BCUT2D eigenvalue weighted by atomic mass is 9.78. The molecular weight excluding hydrogens is 903 g/mol. The van der Waals surface area contributed by atoms with Crippen molar-refractivity contribution in [1.29, 1.82) is 0 Å². The molecule has 14 aromatic rings. The number of rotatable bonds is 6. The molecule has 5 aromatic heterocycles. The lowest BCUT2D eigenvalue weighted by Crippen LogP contribution is -2.12. The van der Waals surface area contributed by atoms with E-state index in [1.54, 1.807) is 0 Å². The molecule has 5 nitrogen and oxygen atoms in total. The largest absolute Gasteiger partial charge is 0.310 e. The van der Waals surface area contributed by atoms with E-state index in [1.807, 2.05) is 59.1 Å². The minimum Gasteiger partial charge on any atom is -0.310 e. The molecule has 0 aliphatic heterocycles. The van der Waals surface area contributed by atoms with Gasteiger partial charge in [0.15, 0.2) is 17.5 Å². The quantitative estimate of drug-likeness (QED) is 0.167. The Balaban J connectivity index is 0.883. The molecule has 2 atom stereocenters. The van der Waals surface area contributed by atoms with Gasteiger partial charge < -0.3 is 9.13 Å². The summed E-state index contributed by atoms with van der Waals surface area (Å²) in [6, 6.07) is 74.4. The van der Waals surface area contributed by atoms with Crippen LogP contribution < -0.4 is 0 Å². The predicted molar refractivity (Wildman–Crippen MR) is 300 cm³/mol. The van der Waals surface area contributed by atoms with E-state index in [4.69, 9.17) is 15.0 Å². The van der Waals surface area contributed by atoms with Crippen LogP contribution in [0.3, 0.4) is 0 Å². The summed E-state index contributed by atoms with van der Waals surface area (Å²) in [6.07, 6.45) is 4.87. The van der Waals surface area contributed by atoms with Gasteiger partial charge in [-0.3, -0.25) is 0 Å². The third-order valence-corrected chi connectivity index (χ3v) is 17.3. The van der Waals surface area contributed by atoms with E-state index >= 15 is 0 Å². The monoisotopic (exact) mass is 943 g/mol. The van der Waals surface area contributed by atoms with Crippen molar-refractivity contribution in [3.8, 4) is 45.5 Å². The van der Waals surface area contributed by atoms with Crippen molar-refractivity contribution in [1.82, 2.24) is 24.1 Å². The number of nitrogens with zero attached hydrogens (tertiary/aromatic N) is 5.